The monoisotopic (exact) mass is 401 g/mol. The lowest BCUT2D eigenvalue weighted by molar-refractivity contribution is -0.125. The molecule has 0 aliphatic heterocycles. The molecule has 0 saturated carbocycles. The Bertz CT molecular complexity index is 952. The molecule has 1 amide bonds. The maximum Gasteiger partial charge on any atom is 0.343 e. The molecule has 7 nitrogen and oxygen atoms in total. The molecule has 0 aliphatic carbocycles. The van der Waals surface area contributed by atoms with Crippen LogP contribution in [0.3, 0.4) is 0 Å². The van der Waals surface area contributed by atoms with Gasteiger partial charge in [0.25, 0.3) is 5.91 Å². The van der Waals surface area contributed by atoms with Crippen LogP contribution in [-0.4, -0.2) is 28.3 Å². The zero-order valence-corrected chi connectivity index (χ0v) is 16.3. The molecule has 1 atom stereocenters. The smallest absolute Gasteiger partial charge is 0.343 e. The van der Waals surface area contributed by atoms with E-state index in [9.17, 15) is 9.59 Å². The van der Waals surface area contributed by atoms with Gasteiger partial charge in [-0.1, -0.05) is 41.9 Å². The minimum absolute atomic E-state index is 0.157. The second-order valence-electron chi connectivity index (χ2n) is 6.28. The van der Waals surface area contributed by atoms with Gasteiger partial charge in [-0.25, -0.2) is 9.48 Å². The molecule has 0 unspecified atom stereocenters. The highest BCUT2D eigenvalue weighted by Crippen LogP contribution is 2.22. The number of carbonyl (C=O) groups is 2. The molecule has 0 spiro atoms. The topological polar surface area (TPSA) is 86.4 Å². The Morgan fingerprint density at radius 3 is 2.68 bits per heavy atom. The van der Waals surface area contributed by atoms with Crippen molar-refractivity contribution in [3.8, 4) is 0 Å². The highest BCUT2D eigenvalue weighted by molar-refractivity contribution is 6.32. The predicted octanol–water partition coefficient (Wildman–Crippen LogP) is 3.52. The lowest BCUT2D eigenvalue weighted by Crippen LogP contribution is -2.31. The van der Waals surface area contributed by atoms with Crippen molar-refractivity contribution in [2.75, 3.05) is 6.61 Å². The van der Waals surface area contributed by atoms with Gasteiger partial charge >= 0.3 is 5.97 Å². The fraction of sp³-hybridized carbons (Fsp3) is 0.250. The van der Waals surface area contributed by atoms with Crippen molar-refractivity contribution < 1.29 is 18.7 Å². The van der Waals surface area contributed by atoms with Gasteiger partial charge in [0.2, 0.25) is 0 Å². The van der Waals surface area contributed by atoms with Crippen LogP contribution in [0.15, 0.2) is 53.1 Å². The molecule has 0 fully saturated rings. The van der Waals surface area contributed by atoms with Crippen molar-refractivity contribution in [2.24, 2.45) is 0 Å². The molecule has 0 saturated heterocycles. The third-order valence-corrected chi connectivity index (χ3v) is 4.51. The standard InChI is InChI=1S/C20H20ClN3O4/c1-13(16-9-6-10-27-16)22-17(25)12-28-20(26)18-14(2)23-24(19(18)21)11-15-7-4-3-5-8-15/h3-10,13H,11-12H2,1-2H3,(H,22,25)/t13-/m1/s1. The molecule has 8 heteroatoms. The van der Waals surface area contributed by atoms with E-state index in [1.165, 1.54) is 10.9 Å². The van der Waals surface area contributed by atoms with Gasteiger partial charge in [0.1, 0.15) is 16.5 Å². The number of halogens is 1. The van der Waals surface area contributed by atoms with E-state index in [2.05, 4.69) is 10.4 Å². The molecule has 0 bridgehead atoms. The number of benzene rings is 1. The first-order valence-electron chi connectivity index (χ1n) is 8.72. The molecule has 0 aliphatic rings. The summed E-state index contributed by atoms with van der Waals surface area (Å²) in [5.74, 6) is -0.522. The number of amides is 1. The molecule has 1 aromatic carbocycles. The van der Waals surface area contributed by atoms with E-state index in [0.29, 0.717) is 18.0 Å². The minimum atomic E-state index is -0.692. The average Bonchev–Trinajstić information content (AvgIpc) is 3.30. The summed E-state index contributed by atoms with van der Waals surface area (Å²) in [6, 6.07) is 12.8. The number of hydrogen-bond acceptors (Lipinski definition) is 5. The first-order valence-corrected chi connectivity index (χ1v) is 9.10. The Labute approximate surface area is 167 Å². The van der Waals surface area contributed by atoms with Crippen LogP contribution in [0.25, 0.3) is 0 Å². The van der Waals surface area contributed by atoms with Gasteiger partial charge < -0.3 is 14.5 Å². The van der Waals surface area contributed by atoms with E-state index in [4.69, 9.17) is 20.8 Å². The normalized spacial score (nSPS) is 11.8. The van der Waals surface area contributed by atoms with Crippen molar-refractivity contribution in [3.05, 3.63) is 76.5 Å². The van der Waals surface area contributed by atoms with Crippen LogP contribution in [0.4, 0.5) is 0 Å². The first kappa shape index (κ1) is 19.7. The third kappa shape index (κ3) is 4.61. The van der Waals surface area contributed by atoms with Crippen LogP contribution in [0.5, 0.6) is 0 Å². The zero-order chi connectivity index (χ0) is 20.1. The van der Waals surface area contributed by atoms with E-state index < -0.39 is 18.5 Å². The van der Waals surface area contributed by atoms with E-state index in [0.717, 1.165) is 5.56 Å². The van der Waals surface area contributed by atoms with Gasteiger partial charge in [-0.05, 0) is 31.5 Å². The van der Waals surface area contributed by atoms with E-state index >= 15 is 0 Å². The number of furan rings is 1. The number of aryl methyl sites for hydroxylation is 1. The largest absolute Gasteiger partial charge is 0.467 e. The lowest BCUT2D eigenvalue weighted by atomic mass is 10.2. The summed E-state index contributed by atoms with van der Waals surface area (Å²) in [7, 11) is 0. The highest BCUT2D eigenvalue weighted by atomic mass is 35.5. The van der Waals surface area contributed by atoms with Crippen molar-refractivity contribution in [1.82, 2.24) is 15.1 Å². The Hall–Kier alpha value is -3.06. The second kappa shape index (κ2) is 8.75. The fourth-order valence-electron chi connectivity index (χ4n) is 2.74. The molecular weight excluding hydrogens is 382 g/mol. The van der Waals surface area contributed by atoms with Gasteiger partial charge in [0.15, 0.2) is 6.61 Å². The molecule has 2 aromatic heterocycles. The summed E-state index contributed by atoms with van der Waals surface area (Å²) < 4.78 is 11.9. The van der Waals surface area contributed by atoms with Gasteiger partial charge in [-0.3, -0.25) is 4.79 Å². The number of nitrogens with one attached hydrogen (secondary N) is 1. The number of aromatic nitrogens is 2. The Morgan fingerprint density at radius 1 is 1.25 bits per heavy atom. The number of hydrogen-bond donors (Lipinski definition) is 1. The summed E-state index contributed by atoms with van der Waals surface area (Å²) in [6.07, 6.45) is 1.52. The fourth-order valence-corrected chi connectivity index (χ4v) is 3.05. The molecule has 28 heavy (non-hydrogen) atoms. The van der Waals surface area contributed by atoms with Crippen LogP contribution >= 0.6 is 11.6 Å². The van der Waals surface area contributed by atoms with E-state index in [-0.39, 0.29) is 16.8 Å². The van der Waals surface area contributed by atoms with Crippen LogP contribution in [0.1, 0.15) is 40.3 Å². The number of carbonyl (C=O) groups excluding carboxylic acids is 2. The first-order chi connectivity index (χ1) is 13.5. The molecule has 146 valence electrons. The molecule has 3 rings (SSSR count). The molecule has 1 N–H and O–H groups in total. The van der Waals surface area contributed by atoms with Gasteiger partial charge in [0, 0.05) is 0 Å². The van der Waals surface area contributed by atoms with Gasteiger partial charge in [0.05, 0.1) is 24.5 Å². The van der Waals surface area contributed by atoms with Crippen LogP contribution in [0.2, 0.25) is 5.15 Å². The number of nitrogens with zero attached hydrogens (tertiary/aromatic N) is 2. The van der Waals surface area contributed by atoms with Crippen molar-refractivity contribution >= 4 is 23.5 Å². The molecule has 2 heterocycles. The second-order valence-corrected chi connectivity index (χ2v) is 6.63. The van der Waals surface area contributed by atoms with Crippen molar-refractivity contribution in [3.63, 3.8) is 0 Å². The predicted molar refractivity (Wildman–Crippen MR) is 103 cm³/mol. The number of ether oxygens (including phenoxy) is 1. The summed E-state index contributed by atoms with van der Waals surface area (Å²) in [5, 5.41) is 7.18. The Morgan fingerprint density at radius 2 is 2.00 bits per heavy atom. The SMILES string of the molecule is Cc1nn(Cc2ccccc2)c(Cl)c1C(=O)OCC(=O)N[C@H](C)c1ccco1. The number of esters is 1. The quantitative estimate of drug-likeness (QED) is 0.612. The summed E-state index contributed by atoms with van der Waals surface area (Å²) >= 11 is 6.33. The lowest BCUT2D eigenvalue weighted by Gasteiger charge is -2.11. The molecule has 0 radical (unpaired) electrons. The summed E-state index contributed by atoms with van der Waals surface area (Å²) in [6.45, 7) is 3.44. The maximum atomic E-state index is 12.4. The molecular formula is C20H20ClN3O4. The van der Waals surface area contributed by atoms with Crippen LogP contribution in [-0.2, 0) is 16.1 Å². The average molecular weight is 402 g/mol. The summed E-state index contributed by atoms with van der Waals surface area (Å²) in [4.78, 5) is 24.4. The highest BCUT2D eigenvalue weighted by Gasteiger charge is 2.23. The molecule has 3 aromatic rings. The Kier molecular flexibility index (Phi) is 6.16. The van der Waals surface area contributed by atoms with Crippen molar-refractivity contribution in [2.45, 2.75) is 26.4 Å². The van der Waals surface area contributed by atoms with E-state index in [1.807, 2.05) is 30.3 Å². The summed E-state index contributed by atoms with van der Waals surface area (Å²) in [5.41, 5.74) is 1.60. The maximum absolute atomic E-state index is 12.4. The Balaban J connectivity index is 1.60. The van der Waals surface area contributed by atoms with Gasteiger partial charge in [-0.15, -0.1) is 0 Å². The van der Waals surface area contributed by atoms with Crippen LogP contribution < -0.4 is 5.32 Å². The van der Waals surface area contributed by atoms with Crippen molar-refractivity contribution in [1.29, 1.82) is 0 Å². The minimum Gasteiger partial charge on any atom is -0.467 e. The number of rotatable bonds is 7. The zero-order valence-electron chi connectivity index (χ0n) is 15.5. The van der Waals surface area contributed by atoms with Crippen LogP contribution in [0, 0.1) is 6.92 Å². The third-order valence-electron chi connectivity index (χ3n) is 4.13. The van der Waals surface area contributed by atoms with E-state index in [1.54, 1.807) is 26.0 Å². The van der Waals surface area contributed by atoms with Gasteiger partial charge in [-0.2, -0.15) is 5.10 Å².